The minimum Gasteiger partial charge on any atom is -0.321 e. The summed E-state index contributed by atoms with van der Waals surface area (Å²) < 4.78 is 0. The van der Waals surface area contributed by atoms with Gasteiger partial charge in [0.1, 0.15) is 0 Å². The number of benzene rings is 2. The predicted octanol–water partition coefficient (Wildman–Crippen LogP) is 3.42. The van der Waals surface area contributed by atoms with Crippen LogP contribution in [0.15, 0.2) is 42.5 Å². The van der Waals surface area contributed by atoms with E-state index in [1.807, 2.05) is 0 Å². The second-order valence-corrected chi connectivity index (χ2v) is 5.60. The summed E-state index contributed by atoms with van der Waals surface area (Å²) in [5.41, 5.74) is 8.05. The second kappa shape index (κ2) is 3.11. The first-order valence-electron chi connectivity index (χ1n) is 6.59. The van der Waals surface area contributed by atoms with Crippen LogP contribution in [0.4, 0.5) is 0 Å². The zero-order valence-electron chi connectivity index (χ0n) is 9.89. The van der Waals surface area contributed by atoms with Gasteiger partial charge in [-0.25, -0.2) is 0 Å². The number of hydrogen-bond acceptors (Lipinski definition) is 1. The lowest BCUT2D eigenvalue weighted by Crippen LogP contribution is -2.26. The van der Waals surface area contributed by atoms with Crippen molar-refractivity contribution in [3.63, 3.8) is 0 Å². The summed E-state index contributed by atoms with van der Waals surface area (Å²) >= 11 is 0. The van der Waals surface area contributed by atoms with E-state index < -0.39 is 0 Å². The molecule has 1 heteroatoms. The molecule has 2 aliphatic carbocycles. The quantitative estimate of drug-likeness (QED) is 0.787. The van der Waals surface area contributed by atoms with E-state index in [4.69, 9.17) is 5.73 Å². The predicted molar refractivity (Wildman–Crippen MR) is 70.6 cm³/mol. The van der Waals surface area contributed by atoms with Crippen molar-refractivity contribution < 1.29 is 0 Å². The van der Waals surface area contributed by atoms with Crippen LogP contribution >= 0.6 is 0 Å². The van der Waals surface area contributed by atoms with Crippen LogP contribution in [0.3, 0.4) is 0 Å². The summed E-state index contributed by atoms with van der Waals surface area (Å²) in [7, 11) is 0. The zero-order chi connectivity index (χ0) is 11.5. The molecule has 1 nitrogen and oxygen atoms in total. The van der Waals surface area contributed by atoms with Crippen LogP contribution in [-0.4, -0.2) is 0 Å². The molecule has 2 fully saturated rings. The summed E-state index contributed by atoms with van der Waals surface area (Å²) in [5.74, 6) is 1.49. The topological polar surface area (TPSA) is 26.0 Å². The second-order valence-electron chi connectivity index (χ2n) is 5.60. The zero-order valence-corrected chi connectivity index (χ0v) is 9.89. The molecule has 17 heavy (non-hydrogen) atoms. The molecule has 0 radical (unpaired) electrons. The van der Waals surface area contributed by atoms with E-state index in [1.165, 1.54) is 35.6 Å². The van der Waals surface area contributed by atoms with Crippen molar-refractivity contribution in [2.24, 2.45) is 17.6 Å². The molecule has 0 aliphatic heterocycles. The smallest absolute Gasteiger partial charge is 0.0479 e. The van der Waals surface area contributed by atoms with E-state index in [0.717, 1.165) is 11.8 Å². The fourth-order valence-electron chi connectivity index (χ4n) is 4.00. The Labute approximate surface area is 102 Å². The fourth-order valence-corrected chi connectivity index (χ4v) is 4.00. The maximum Gasteiger partial charge on any atom is 0.0479 e. The van der Waals surface area contributed by atoms with Gasteiger partial charge in [-0.2, -0.15) is 0 Å². The molecule has 2 N–H and O–H groups in total. The molecule has 2 aromatic rings. The SMILES string of the molecule is NC1(c2cccc3ccccc23)C2CCCC21. The molecule has 0 spiro atoms. The van der Waals surface area contributed by atoms with E-state index in [9.17, 15) is 0 Å². The average molecular weight is 223 g/mol. The maximum absolute atomic E-state index is 6.68. The molecule has 86 valence electrons. The van der Waals surface area contributed by atoms with Crippen LogP contribution < -0.4 is 5.73 Å². The van der Waals surface area contributed by atoms with E-state index in [0.29, 0.717) is 0 Å². The Balaban J connectivity index is 1.92. The van der Waals surface area contributed by atoms with E-state index in [1.54, 1.807) is 0 Å². The molecule has 0 amide bonds. The fraction of sp³-hybridized carbons (Fsp3) is 0.375. The van der Waals surface area contributed by atoms with Gasteiger partial charge in [0.25, 0.3) is 0 Å². The first kappa shape index (κ1) is 9.67. The van der Waals surface area contributed by atoms with Crippen molar-refractivity contribution in [3.05, 3.63) is 48.0 Å². The Bertz CT molecular complexity index is 572. The molecule has 0 heterocycles. The van der Waals surface area contributed by atoms with Gasteiger partial charge in [0.15, 0.2) is 0 Å². The first-order valence-corrected chi connectivity index (χ1v) is 6.59. The van der Waals surface area contributed by atoms with Gasteiger partial charge >= 0.3 is 0 Å². The third-order valence-electron chi connectivity index (χ3n) is 4.89. The van der Waals surface area contributed by atoms with Crippen molar-refractivity contribution in [1.29, 1.82) is 0 Å². The van der Waals surface area contributed by atoms with Crippen molar-refractivity contribution in [1.82, 2.24) is 0 Å². The lowest BCUT2D eigenvalue weighted by Gasteiger charge is -2.18. The normalized spacial score (nSPS) is 34.9. The number of nitrogens with two attached hydrogens (primary N) is 1. The van der Waals surface area contributed by atoms with Gasteiger partial charge in [0.05, 0.1) is 0 Å². The Morgan fingerprint density at radius 3 is 2.47 bits per heavy atom. The highest BCUT2D eigenvalue weighted by Gasteiger charge is 2.64. The molecule has 0 bridgehead atoms. The molecule has 4 rings (SSSR count). The number of hydrogen-bond donors (Lipinski definition) is 1. The minimum atomic E-state index is -0.0148. The maximum atomic E-state index is 6.68. The van der Waals surface area contributed by atoms with Crippen LogP contribution in [0.1, 0.15) is 24.8 Å². The van der Waals surface area contributed by atoms with E-state index in [-0.39, 0.29) is 5.54 Å². The van der Waals surface area contributed by atoms with Crippen LogP contribution in [0.2, 0.25) is 0 Å². The summed E-state index contributed by atoms with van der Waals surface area (Å²) in [4.78, 5) is 0. The van der Waals surface area contributed by atoms with Crippen LogP contribution in [0, 0.1) is 11.8 Å². The summed E-state index contributed by atoms with van der Waals surface area (Å²) in [6.45, 7) is 0. The van der Waals surface area contributed by atoms with Gasteiger partial charge in [-0.05, 0) is 41.0 Å². The highest BCUT2D eigenvalue weighted by molar-refractivity contribution is 5.87. The standard InChI is InChI=1S/C16H17N/c17-16(14-9-4-10-15(14)16)13-8-3-6-11-5-1-2-7-12(11)13/h1-3,5-8,14-15H,4,9-10,17H2. The lowest BCUT2D eigenvalue weighted by molar-refractivity contribution is 0.530. The molecule has 2 aliphatic rings. The van der Waals surface area contributed by atoms with Crippen molar-refractivity contribution in [2.45, 2.75) is 24.8 Å². The van der Waals surface area contributed by atoms with Crippen molar-refractivity contribution >= 4 is 10.8 Å². The van der Waals surface area contributed by atoms with Crippen LogP contribution in [0.5, 0.6) is 0 Å². The molecule has 0 saturated heterocycles. The minimum absolute atomic E-state index is 0.0148. The Hall–Kier alpha value is -1.34. The highest BCUT2D eigenvalue weighted by Crippen LogP contribution is 2.65. The number of fused-ring (bicyclic) bond motifs is 2. The molecule has 2 atom stereocenters. The van der Waals surface area contributed by atoms with Crippen molar-refractivity contribution in [2.75, 3.05) is 0 Å². The van der Waals surface area contributed by atoms with Gasteiger partial charge < -0.3 is 5.73 Å². The molecule has 2 unspecified atom stereocenters. The van der Waals surface area contributed by atoms with Gasteiger partial charge in [-0.15, -0.1) is 0 Å². The highest BCUT2D eigenvalue weighted by atomic mass is 14.9. The Morgan fingerprint density at radius 1 is 0.941 bits per heavy atom. The van der Waals surface area contributed by atoms with Gasteiger partial charge in [0.2, 0.25) is 0 Å². The summed E-state index contributed by atoms with van der Waals surface area (Å²) in [6.07, 6.45) is 4.02. The lowest BCUT2D eigenvalue weighted by atomic mass is 9.92. The van der Waals surface area contributed by atoms with Crippen LogP contribution in [-0.2, 0) is 5.54 Å². The van der Waals surface area contributed by atoms with Crippen molar-refractivity contribution in [3.8, 4) is 0 Å². The first-order chi connectivity index (χ1) is 8.32. The molecule has 2 aromatic carbocycles. The number of rotatable bonds is 1. The monoisotopic (exact) mass is 223 g/mol. The Kier molecular flexibility index (Phi) is 1.77. The Morgan fingerprint density at radius 2 is 1.65 bits per heavy atom. The third-order valence-corrected chi connectivity index (χ3v) is 4.89. The van der Waals surface area contributed by atoms with Gasteiger partial charge in [0, 0.05) is 5.54 Å². The molecule has 2 saturated carbocycles. The largest absolute Gasteiger partial charge is 0.321 e. The summed E-state index contributed by atoms with van der Waals surface area (Å²) in [6, 6.07) is 15.2. The van der Waals surface area contributed by atoms with E-state index >= 15 is 0 Å². The average Bonchev–Trinajstić information content (AvgIpc) is 2.79. The van der Waals surface area contributed by atoms with E-state index in [2.05, 4.69) is 42.5 Å². The molecule has 0 aromatic heterocycles. The summed E-state index contributed by atoms with van der Waals surface area (Å²) in [5, 5.41) is 2.67. The third kappa shape index (κ3) is 1.13. The van der Waals surface area contributed by atoms with Gasteiger partial charge in [-0.3, -0.25) is 0 Å². The van der Waals surface area contributed by atoms with Crippen LogP contribution in [0.25, 0.3) is 10.8 Å². The van der Waals surface area contributed by atoms with Gasteiger partial charge in [-0.1, -0.05) is 48.9 Å². The molecular formula is C16H17N. The molecular weight excluding hydrogens is 206 g/mol.